The normalized spacial score (nSPS) is 15.3. The summed E-state index contributed by atoms with van der Waals surface area (Å²) < 4.78 is 0. The summed E-state index contributed by atoms with van der Waals surface area (Å²) in [5.41, 5.74) is 11.4. The molecule has 0 spiro atoms. The van der Waals surface area contributed by atoms with Crippen LogP contribution >= 0.6 is 0 Å². The van der Waals surface area contributed by atoms with E-state index in [4.69, 9.17) is 10.7 Å². The molecule has 4 rings (SSSR count). The van der Waals surface area contributed by atoms with E-state index in [0.717, 1.165) is 59.7 Å². The molecule has 28 heavy (non-hydrogen) atoms. The second kappa shape index (κ2) is 7.22. The molecule has 3 heterocycles. The monoisotopic (exact) mass is 378 g/mol. The van der Waals surface area contributed by atoms with E-state index in [1.54, 1.807) is 0 Å². The number of hydrogen-bond donors (Lipinski definition) is 2. The SMILES string of the molecule is Cc1nc(N)nc(C)c1CC(=O)N1CCC(c2nc3c(C)cccc3[nH]2)CC1. The maximum absolute atomic E-state index is 12.8. The number of fused-ring (bicyclic) bond motifs is 1. The van der Waals surface area contributed by atoms with Gasteiger partial charge in [0.25, 0.3) is 0 Å². The van der Waals surface area contributed by atoms with Gasteiger partial charge >= 0.3 is 0 Å². The number of anilines is 1. The molecule has 0 atom stereocenters. The van der Waals surface area contributed by atoms with Crippen LogP contribution in [0.1, 0.15) is 47.1 Å². The van der Waals surface area contributed by atoms with Crippen molar-refractivity contribution in [2.24, 2.45) is 0 Å². The Bertz CT molecular complexity index is 1010. The number of nitrogens with one attached hydrogen (secondary N) is 1. The minimum absolute atomic E-state index is 0.124. The fourth-order valence-corrected chi connectivity index (χ4v) is 4.07. The van der Waals surface area contributed by atoms with Crippen molar-refractivity contribution in [3.05, 3.63) is 46.5 Å². The number of hydrogen-bond acceptors (Lipinski definition) is 5. The van der Waals surface area contributed by atoms with E-state index < -0.39 is 0 Å². The maximum atomic E-state index is 12.8. The number of amides is 1. The molecule has 0 bridgehead atoms. The Morgan fingerprint density at radius 3 is 2.46 bits per heavy atom. The number of carbonyl (C=O) groups is 1. The summed E-state index contributed by atoms with van der Waals surface area (Å²) in [5.74, 6) is 1.78. The molecule has 3 N–H and O–H groups in total. The summed E-state index contributed by atoms with van der Waals surface area (Å²) in [4.78, 5) is 31.4. The van der Waals surface area contributed by atoms with Crippen LogP contribution in [0.15, 0.2) is 18.2 Å². The van der Waals surface area contributed by atoms with Crippen molar-refractivity contribution in [1.29, 1.82) is 0 Å². The van der Waals surface area contributed by atoms with Gasteiger partial charge in [-0.05, 0) is 45.2 Å². The Morgan fingerprint density at radius 2 is 1.82 bits per heavy atom. The van der Waals surface area contributed by atoms with Crippen LogP contribution in [0.4, 0.5) is 5.95 Å². The zero-order valence-electron chi connectivity index (χ0n) is 16.6. The van der Waals surface area contributed by atoms with Gasteiger partial charge in [0.2, 0.25) is 11.9 Å². The lowest BCUT2D eigenvalue weighted by Gasteiger charge is -2.31. The third kappa shape index (κ3) is 3.44. The van der Waals surface area contributed by atoms with Crippen LogP contribution in [0.5, 0.6) is 0 Å². The van der Waals surface area contributed by atoms with E-state index in [9.17, 15) is 4.79 Å². The maximum Gasteiger partial charge on any atom is 0.227 e. The van der Waals surface area contributed by atoms with Crippen LogP contribution in [0.25, 0.3) is 11.0 Å². The number of nitrogens with two attached hydrogens (primary N) is 1. The number of para-hydroxylation sites is 1. The van der Waals surface area contributed by atoms with Crippen molar-refractivity contribution in [2.75, 3.05) is 18.8 Å². The highest BCUT2D eigenvalue weighted by Crippen LogP contribution is 2.29. The summed E-state index contributed by atoms with van der Waals surface area (Å²) in [6.07, 6.45) is 2.16. The summed E-state index contributed by atoms with van der Waals surface area (Å²) in [6.45, 7) is 7.33. The van der Waals surface area contributed by atoms with Gasteiger partial charge in [-0.1, -0.05) is 12.1 Å². The molecule has 2 aromatic heterocycles. The van der Waals surface area contributed by atoms with Crippen molar-refractivity contribution in [3.63, 3.8) is 0 Å². The van der Waals surface area contributed by atoms with Crippen molar-refractivity contribution >= 4 is 22.9 Å². The molecular weight excluding hydrogens is 352 g/mol. The molecule has 0 radical (unpaired) electrons. The molecule has 1 saturated heterocycles. The van der Waals surface area contributed by atoms with Crippen molar-refractivity contribution < 1.29 is 4.79 Å². The number of aryl methyl sites for hydroxylation is 3. The molecule has 0 aliphatic carbocycles. The van der Waals surface area contributed by atoms with Gasteiger partial charge in [-0.25, -0.2) is 15.0 Å². The smallest absolute Gasteiger partial charge is 0.227 e. The number of likely N-dealkylation sites (tertiary alicyclic amines) is 1. The van der Waals surface area contributed by atoms with E-state index in [-0.39, 0.29) is 11.9 Å². The molecule has 0 unspecified atom stereocenters. The zero-order valence-corrected chi connectivity index (χ0v) is 16.6. The summed E-state index contributed by atoms with van der Waals surface area (Å²) >= 11 is 0. The highest BCUT2D eigenvalue weighted by molar-refractivity contribution is 5.80. The van der Waals surface area contributed by atoms with Gasteiger partial charge in [-0.15, -0.1) is 0 Å². The minimum atomic E-state index is 0.124. The van der Waals surface area contributed by atoms with Gasteiger partial charge in [0, 0.05) is 36.0 Å². The fraction of sp³-hybridized carbons (Fsp3) is 0.429. The van der Waals surface area contributed by atoms with Gasteiger partial charge < -0.3 is 15.6 Å². The lowest BCUT2D eigenvalue weighted by molar-refractivity contribution is -0.131. The van der Waals surface area contributed by atoms with Gasteiger partial charge in [-0.2, -0.15) is 0 Å². The van der Waals surface area contributed by atoms with E-state index >= 15 is 0 Å². The molecule has 7 heteroatoms. The van der Waals surface area contributed by atoms with Crippen LogP contribution in [0.3, 0.4) is 0 Å². The van der Waals surface area contributed by atoms with Crippen molar-refractivity contribution in [1.82, 2.24) is 24.8 Å². The fourth-order valence-electron chi connectivity index (χ4n) is 4.07. The number of imidazole rings is 1. The van der Waals surface area contributed by atoms with Crippen molar-refractivity contribution in [2.45, 2.75) is 46.0 Å². The summed E-state index contributed by atoms with van der Waals surface area (Å²) in [6, 6.07) is 6.20. The highest BCUT2D eigenvalue weighted by Gasteiger charge is 2.26. The third-order valence-corrected chi connectivity index (χ3v) is 5.73. The number of benzene rings is 1. The second-order valence-electron chi connectivity index (χ2n) is 7.66. The Morgan fingerprint density at radius 1 is 1.14 bits per heavy atom. The first kappa shape index (κ1) is 18.4. The lowest BCUT2D eigenvalue weighted by Crippen LogP contribution is -2.39. The Balaban J connectivity index is 1.42. The quantitative estimate of drug-likeness (QED) is 0.730. The Hall–Kier alpha value is -2.96. The number of carbonyl (C=O) groups excluding carboxylic acids is 1. The topological polar surface area (TPSA) is 101 Å². The zero-order chi connectivity index (χ0) is 19.8. The average Bonchev–Trinajstić information content (AvgIpc) is 3.10. The van der Waals surface area contributed by atoms with Crippen molar-refractivity contribution in [3.8, 4) is 0 Å². The first-order chi connectivity index (χ1) is 13.4. The number of aromatic nitrogens is 4. The van der Waals surface area contributed by atoms with Crippen LogP contribution in [-0.2, 0) is 11.2 Å². The Kier molecular flexibility index (Phi) is 4.75. The molecule has 0 saturated carbocycles. The van der Waals surface area contributed by atoms with Gasteiger partial charge in [0.05, 0.1) is 17.5 Å². The summed E-state index contributed by atoms with van der Waals surface area (Å²) in [7, 11) is 0. The van der Waals surface area contributed by atoms with Gasteiger partial charge in [0.1, 0.15) is 5.82 Å². The van der Waals surface area contributed by atoms with Crippen LogP contribution in [-0.4, -0.2) is 43.8 Å². The molecule has 1 fully saturated rings. The van der Waals surface area contributed by atoms with Crippen LogP contribution < -0.4 is 5.73 Å². The van der Waals surface area contributed by atoms with E-state index in [0.29, 0.717) is 12.3 Å². The molecule has 7 nitrogen and oxygen atoms in total. The number of piperidine rings is 1. The number of nitrogens with zero attached hydrogens (tertiary/aromatic N) is 4. The molecule has 1 amide bonds. The third-order valence-electron chi connectivity index (χ3n) is 5.73. The molecule has 146 valence electrons. The molecular formula is C21H26N6O. The number of nitrogen functional groups attached to an aromatic ring is 1. The highest BCUT2D eigenvalue weighted by atomic mass is 16.2. The van der Waals surface area contributed by atoms with E-state index in [1.165, 1.54) is 5.56 Å². The standard InChI is InChI=1S/C21H26N6O/c1-12-5-4-6-17-19(12)26-20(25-17)15-7-9-27(10-8-15)18(28)11-16-13(2)23-21(22)24-14(16)3/h4-6,15H,7-11H2,1-3H3,(H,25,26)(H2,22,23,24). The lowest BCUT2D eigenvalue weighted by atomic mass is 9.95. The van der Waals surface area contributed by atoms with Crippen LogP contribution in [0, 0.1) is 20.8 Å². The molecule has 1 aromatic carbocycles. The number of rotatable bonds is 3. The molecule has 3 aromatic rings. The van der Waals surface area contributed by atoms with Crippen LogP contribution in [0.2, 0.25) is 0 Å². The van der Waals surface area contributed by atoms with Gasteiger partial charge in [0.15, 0.2) is 0 Å². The average molecular weight is 378 g/mol. The summed E-state index contributed by atoms with van der Waals surface area (Å²) in [5, 5.41) is 0. The number of H-pyrrole nitrogens is 1. The first-order valence-corrected chi connectivity index (χ1v) is 9.75. The first-order valence-electron chi connectivity index (χ1n) is 9.75. The van der Waals surface area contributed by atoms with E-state index in [1.807, 2.05) is 24.8 Å². The Labute approximate surface area is 164 Å². The largest absolute Gasteiger partial charge is 0.368 e. The molecule has 1 aliphatic rings. The predicted octanol–water partition coefficient (Wildman–Crippen LogP) is 2.81. The minimum Gasteiger partial charge on any atom is -0.368 e. The second-order valence-corrected chi connectivity index (χ2v) is 7.66. The molecule has 1 aliphatic heterocycles. The van der Waals surface area contributed by atoms with E-state index in [2.05, 4.69) is 34.0 Å². The van der Waals surface area contributed by atoms with Gasteiger partial charge in [-0.3, -0.25) is 4.79 Å². The predicted molar refractivity (Wildman–Crippen MR) is 109 cm³/mol. The number of aromatic amines is 1.